The van der Waals surface area contributed by atoms with Crippen molar-refractivity contribution in [2.75, 3.05) is 19.7 Å². The topological polar surface area (TPSA) is 224 Å². The maximum absolute atomic E-state index is 12.2. The number of amides is 4. The Bertz CT molecular complexity index is 745. The molecule has 2 rings (SSSR count). The molecule has 0 aromatic rings. The number of rotatable bonds is 8. The van der Waals surface area contributed by atoms with Crippen molar-refractivity contribution >= 4 is 23.6 Å². The summed E-state index contributed by atoms with van der Waals surface area (Å²) in [6, 6.07) is -2.20. The van der Waals surface area contributed by atoms with Crippen LogP contribution in [-0.2, 0) is 23.9 Å². The minimum absolute atomic E-state index is 0.0949. The molecule has 0 radical (unpaired) electrons. The molecule has 0 aromatic carbocycles. The molecule has 8 unspecified atom stereocenters. The van der Waals surface area contributed by atoms with Crippen LogP contribution in [0, 0.1) is 0 Å². The third-order valence-electron chi connectivity index (χ3n) is 5.83. The van der Waals surface area contributed by atoms with Gasteiger partial charge in [0.15, 0.2) is 6.23 Å². The van der Waals surface area contributed by atoms with Crippen LogP contribution in [0.3, 0.4) is 0 Å². The number of nitrogens with zero attached hydrogens (tertiary/aromatic N) is 1. The van der Waals surface area contributed by atoms with Gasteiger partial charge in [0.05, 0.1) is 12.6 Å². The normalized spacial score (nSPS) is 28.1. The van der Waals surface area contributed by atoms with Crippen LogP contribution in [0.5, 0.6) is 0 Å². The number of nitrogens with one attached hydrogen (secondary N) is 3. The van der Waals surface area contributed by atoms with Gasteiger partial charge in [-0.05, 0) is 33.6 Å². The van der Waals surface area contributed by atoms with Crippen molar-refractivity contribution in [1.29, 1.82) is 0 Å². The summed E-state index contributed by atoms with van der Waals surface area (Å²) in [5.74, 6) is -1.52. The average molecular weight is 520 g/mol. The molecule has 2 saturated heterocycles. The molecule has 0 aliphatic carbocycles. The third-order valence-corrected chi connectivity index (χ3v) is 5.83. The number of hydrogen-bond donors (Lipinski definition) is 8. The molecule has 0 aromatic heterocycles. The molecule has 0 spiro atoms. The van der Waals surface area contributed by atoms with Crippen molar-refractivity contribution in [2.45, 2.75) is 95.7 Å². The molecule has 2 aliphatic rings. The van der Waals surface area contributed by atoms with Crippen LogP contribution >= 0.6 is 0 Å². The van der Waals surface area contributed by atoms with E-state index in [1.165, 1.54) is 13.8 Å². The molecule has 8 atom stereocenters. The van der Waals surface area contributed by atoms with Crippen molar-refractivity contribution in [3.8, 4) is 0 Å². The fraction of sp³-hybridized carbons (Fsp3) is 0.818. The van der Waals surface area contributed by atoms with Gasteiger partial charge < -0.3 is 51.7 Å². The molecule has 36 heavy (non-hydrogen) atoms. The van der Waals surface area contributed by atoms with Gasteiger partial charge in [0, 0.05) is 19.5 Å². The Morgan fingerprint density at radius 2 is 1.50 bits per heavy atom. The molecule has 0 bridgehead atoms. The predicted molar refractivity (Wildman–Crippen MR) is 127 cm³/mol. The zero-order valence-electron chi connectivity index (χ0n) is 21.2. The lowest BCUT2D eigenvalue weighted by Crippen LogP contribution is -2.64. The van der Waals surface area contributed by atoms with Crippen LogP contribution in [0.15, 0.2) is 0 Å². The first-order chi connectivity index (χ1) is 16.8. The number of carbonyl (C=O) groups is 4. The Labute approximate surface area is 210 Å². The first kappa shape index (κ1) is 31.7. The van der Waals surface area contributed by atoms with E-state index in [0.717, 1.165) is 25.9 Å². The predicted octanol–water partition coefficient (Wildman–Crippen LogP) is -3.72. The number of nitrogens with two attached hydrogens (primary N) is 1. The largest absolute Gasteiger partial charge is 0.394 e. The Kier molecular flexibility index (Phi) is 13.2. The zero-order valence-corrected chi connectivity index (χ0v) is 21.2. The Balaban J connectivity index is 0.000000537. The van der Waals surface area contributed by atoms with Gasteiger partial charge in [-0.2, -0.15) is 0 Å². The molecular formula is C22H41N5O9. The van der Waals surface area contributed by atoms with Crippen molar-refractivity contribution in [3.05, 3.63) is 0 Å². The molecule has 2 fully saturated rings. The van der Waals surface area contributed by atoms with E-state index in [4.69, 9.17) is 15.6 Å². The molecule has 14 nitrogen and oxygen atoms in total. The SMILES string of the molecule is CC(N)C(=O)N1CCCC1.CCC(=O)NC(C)C(=O)NC(C)C(=O)NC1OC(CO)C(O)C(O)C1O. The molecular weight excluding hydrogens is 478 g/mol. The van der Waals surface area contributed by atoms with Gasteiger partial charge in [0.1, 0.15) is 36.5 Å². The van der Waals surface area contributed by atoms with Crippen LogP contribution in [0.1, 0.15) is 47.0 Å². The van der Waals surface area contributed by atoms with E-state index >= 15 is 0 Å². The van der Waals surface area contributed by atoms with E-state index in [9.17, 15) is 34.5 Å². The van der Waals surface area contributed by atoms with E-state index in [1.54, 1.807) is 13.8 Å². The lowest BCUT2D eigenvalue weighted by Gasteiger charge is -2.40. The van der Waals surface area contributed by atoms with E-state index in [-0.39, 0.29) is 24.3 Å². The molecule has 208 valence electrons. The van der Waals surface area contributed by atoms with E-state index < -0.39 is 61.1 Å². The minimum Gasteiger partial charge on any atom is -0.394 e. The van der Waals surface area contributed by atoms with Gasteiger partial charge in [-0.3, -0.25) is 19.2 Å². The standard InChI is InChI=1S/C15H27N3O8.C7H14N2O/c1-4-9(20)16-6(2)13(24)17-7(3)14(25)18-15-12(23)11(22)10(21)8(5-19)26-15;1-6(8)7(10)9-4-2-3-5-9/h6-8,10-12,15,19,21-23H,4-5H2,1-3H3,(H,16,20)(H,17,24)(H,18,25);6H,2-5,8H2,1H3. The summed E-state index contributed by atoms with van der Waals surface area (Å²) in [6.45, 7) is 7.40. The fourth-order valence-electron chi connectivity index (χ4n) is 3.52. The van der Waals surface area contributed by atoms with Crippen LogP contribution in [-0.4, -0.2) is 117 Å². The second-order valence-corrected chi connectivity index (χ2v) is 8.95. The quantitative estimate of drug-likeness (QED) is 0.156. The van der Waals surface area contributed by atoms with Crippen LogP contribution < -0.4 is 21.7 Å². The van der Waals surface area contributed by atoms with Gasteiger partial charge in [-0.25, -0.2) is 0 Å². The number of likely N-dealkylation sites (tertiary alicyclic amines) is 1. The van der Waals surface area contributed by atoms with Crippen molar-refractivity contribution < 1.29 is 44.3 Å². The molecule has 2 heterocycles. The fourth-order valence-corrected chi connectivity index (χ4v) is 3.52. The summed E-state index contributed by atoms with van der Waals surface area (Å²) in [6.07, 6.45) is -4.84. The van der Waals surface area contributed by atoms with Crippen LogP contribution in [0.25, 0.3) is 0 Å². The van der Waals surface area contributed by atoms with Crippen molar-refractivity contribution in [3.63, 3.8) is 0 Å². The Morgan fingerprint density at radius 1 is 0.944 bits per heavy atom. The van der Waals surface area contributed by atoms with E-state index in [2.05, 4.69) is 16.0 Å². The van der Waals surface area contributed by atoms with Crippen molar-refractivity contribution in [1.82, 2.24) is 20.9 Å². The second-order valence-electron chi connectivity index (χ2n) is 8.95. The molecule has 2 aliphatic heterocycles. The van der Waals surface area contributed by atoms with Gasteiger partial charge in [-0.15, -0.1) is 0 Å². The highest BCUT2D eigenvalue weighted by molar-refractivity contribution is 5.91. The lowest BCUT2D eigenvalue weighted by atomic mass is 9.98. The van der Waals surface area contributed by atoms with Crippen molar-refractivity contribution in [2.24, 2.45) is 5.73 Å². The second kappa shape index (κ2) is 15.0. The van der Waals surface area contributed by atoms with Crippen LogP contribution in [0.4, 0.5) is 0 Å². The molecule has 4 amide bonds. The van der Waals surface area contributed by atoms with Crippen LogP contribution in [0.2, 0.25) is 0 Å². The summed E-state index contributed by atoms with van der Waals surface area (Å²) >= 11 is 0. The number of hydrogen-bond acceptors (Lipinski definition) is 10. The first-order valence-electron chi connectivity index (χ1n) is 12.1. The smallest absolute Gasteiger partial charge is 0.244 e. The van der Waals surface area contributed by atoms with E-state index in [1.807, 2.05) is 4.90 Å². The van der Waals surface area contributed by atoms with Gasteiger partial charge in [0.2, 0.25) is 23.6 Å². The lowest BCUT2D eigenvalue weighted by molar-refractivity contribution is -0.236. The van der Waals surface area contributed by atoms with Gasteiger partial charge in [0.25, 0.3) is 0 Å². The third kappa shape index (κ3) is 9.26. The number of carbonyl (C=O) groups excluding carboxylic acids is 4. The monoisotopic (exact) mass is 519 g/mol. The molecule has 0 saturated carbocycles. The minimum atomic E-state index is -1.62. The van der Waals surface area contributed by atoms with E-state index in [0.29, 0.717) is 0 Å². The Hall–Kier alpha value is -2.36. The summed E-state index contributed by atoms with van der Waals surface area (Å²) in [5, 5.41) is 45.5. The first-order valence-corrected chi connectivity index (χ1v) is 12.1. The highest BCUT2D eigenvalue weighted by Gasteiger charge is 2.44. The number of aliphatic hydroxyl groups is 4. The zero-order chi connectivity index (χ0) is 27.6. The van der Waals surface area contributed by atoms with Gasteiger partial charge >= 0.3 is 0 Å². The summed E-state index contributed by atoms with van der Waals surface area (Å²) < 4.78 is 5.16. The molecule has 9 N–H and O–H groups in total. The molecule has 14 heteroatoms. The summed E-state index contributed by atoms with van der Waals surface area (Å²) in [5.41, 5.74) is 5.42. The highest BCUT2D eigenvalue weighted by atomic mass is 16.6. The average Bonchev–Trinajstić information content (AvgIpc) is 3.38. The maximum atomic E-state index is 12.2. The summed E-state index contributed by atoms with van der Waals surface area (Å²) in [4.78, 5) is 48.4. The Morgan fingerprint density at radius 3 is 2.00 bits per heavy atom. The highest BCUT2D eigenvalue weighted by Crippen LogP contribution is 2.19. The number of ether oxygens (including phenoxy) is 1. The maximum Gasteiger partial charge on any atom is 0.244 e. The van der Waals surface area contributed by atoms with Gasteiger partial charge in [-0.1, -0.05) is 6.92 Å². The number of aliphatic hydroxyl groups excluding tert-OH is 4. The summed E-state index contributed by atoms with van der Waals surface area (Å²) in [7, 11) is 0.